The van der Waals surface area contributed by atoms with Gasteiger partial charge >= 0.3 is 5.69 Å². The van der Waals surface area contributed by atoms with E-state index in [1.165, 1.54) is 29.5 Å². The number of benzene rings is 1. The predicted octanol–water partition coefficient (Wildman–Crippen LogP) is 3.27. The molecule has 1 aromatic heterocycles. The van der Waals surface area contributed by atoms with E-state index in [1.54, 1.807) is 12.3 Å². The Bertz CT molecular complexity index is 656. The lowest BCUT2D eigenvalue weighted by molar-refractivity contribution is -0.385. The maximum atomic E-state index is 12.0. The molecule has 0 aliphatic heterocycles. The molecule has 0 radical (unpaired) electrons. The van der Waals surface area contributed by atoms with Crippen LogP contribution in [0.1, 0.15) is 16.1 Å². The highest BCUT2D eigenvalue weighted by Gasteiger charge is 2.24. The second kappa shape index (κ2) is 5.33. The molecule has 1 amide bonds. The molecular formula is C11H8ClN3O3S. The summed E-state index contributed by atoms with van der Waals surface area (Å²) in [5.41, 5.74) is 0.265. The summed E-state index contributed by atoms with van der Waals surface area (Å²) in [6.45, 7) is 1.79. The van der Waals surface area contributed by atoms with Crippen molar-refractivity contribution in [3.05, 3.63) is 50.0 Å². The van der Waals surface area contributed by atoms with Gasteiger partial charge in [-0.2, -0.15) is 0 Å². The minimum Gasteiger partial charge on any atom is -0.298 e. The van der Waals surface area contributed by atoms with Gasteiger partial charge in [-0.1, -0.05) is 17.7 Å². The SMILES string of the molecule is Cc1csc(NC(=O)c2cccc(Cl)c2[N+](=O)[O-])n1. The number of nitro groups is 1. The van der Waals surface area contributed by atoms with E-state index in [0.717, 1.165) is 5.69 Å². The molecule has 0 atom stereocenters. The fraction of sp³-hybridized carbons (Fsp3) is 0.0909. The number of nitrogens with one attached hydrogen (secondary N) is 1. The maximum Gasteiger partial charge on any atom is 0.300 e. The molecule has 2 aromatic rings. The molecule has 8 heteroatoms. The third kappa shape index (κ3) is 2.88. The molecular weight excluding hydrogens is 290 g/mol. The zero-order chi connectivity index (χ0) is 14.0. The molecule has 98 valence electrons. The minimum atomic E-state index is -0.676. The van der Waals surface area contributed by atoms with E-state index in [1.807, 2.05) is 0 Å². The smallest absolute Gasteiger partial charge is 0.298 e. The normalized spacial score (nSPS) is 10.2. The molecule has 0 bridgehead atoms. The van der Waals surface area contributed by atoms with Crippen LogP contribution in [0, 0.1) is 17.0 Å². The van der Waals surface area contributed by atoms with Crippen LogP contribution in [-0.2, 0) is 0 Å². The van der Waals surface area contributed by atoms with Crippen molar-refractivity contribution in [2.24, 2.45) is 0 Å². The van der Waals surface area contributed by atoms with E-state index in [9.17, 15) is 14.9 Å². The van der Waals surface area contributed by atoms with Crippen molar-refractivity contribution in [1.82, 2.24) is 4.98 Å². The molecule has 2 rings (SSSR count). The predicted molar refractivity (Wildman–Crippen MR) is 72.9 cm³/mol. The zero-order valence-electron chi connectivity index (χ0n) is 9.71. The number of thiazole rings is 1. The summed E-state index contributed by atoms with van der Waals surface area (Å²) in [4.78, 5) is 26.3. The Labute approximate surface area is 117 Å². The third-order valence-electron chi connectivity index (χ3n) is 2.25. The van der Waals surface area contributed by atoms with Crippen molar-refractivity contribution in [1.29, 1.82) is 0 Å². The Morgan fingerprint density at radius 3 is 2.84 bits per heavy atom. The zero-order valence-corrected chi connectivity index (χ0v) is 11.3. The van der Waals surface area contributed by atoms with E-state index < -0.39 is 16.5 Å². The van der Waals surface area contributed by atoms with E-state index in [2.05, 4.69) is 10.3 Å². The first-order chi connectivity index (χ1) is 8.99. The van der Waals surface area contributed by atoms with Gasteiger partial charge in [0, 0.05) is 5.38 Å². The topological polar surface area (TPSA) is 85.1 Å². The van der Waals surface area contributed by atoms with Crippen LogP contribution in [0.2, 0.25) is 5.02 Å². The van der Waals surface area contributed by atoms with Crippen LogP contribution in [0.4, 0.5) is 10.8 Å². The lowest BCUT2D eigenvalue weighted by atomic mass is 10.1. The maximum absolute atomic E-state index is 12.0. The van der Waals surface area contributed by atoms with Gasteiger partial charge in [0.2, 0.25) is 0 Å². The number of amides is 1. The molecule has 0 aliphatic rings. The highest BCUT2D eigenvalue weighted by atomic mass is 35.5. The largest absolute Gasteiger partial charge is 0.300 e. The monoisotopic (exact) mass is 297 g/mol. The van der Waals surface area contributed by atoms with Gasteiger partial charge in [-0.3, -0.25) is 20.2 Å². The number of anilines is 1. The second-order valence-electron chi connectivity index (χ2n) is 3.64. The highest BCUT2D eigenvalue weighted by Crippen LogP contribution is 2.29. The number of nitrogens with zero attached hydrogens (tertiary/aromatic N) is 2. The molecule has 0 spiro atoms. The lowest BCUT2D eigenvalue weighted by Gasteiger charge is -2.03. The van der Waals surface area contributed by atoms with Gasteiger partial charge in [-0.15, -0.1) is 11.3 Å². The summed E-state index contributed by atoms with van der Waals surface area (Å²) < 4.78 is 0. The van der Waals surface area contributed by atoms with Crippen molar-refractivity contribution in [2.75, 3.05) is 5.32 Å². The van der Waals surface area contributed by atoms with Gasteiger partial charge in [0.15, 0.2) is 5.13 Å². The van der Waals surface area contributed by atoms with Crippen LogP contribution < -0.4 is 5.32 Å². The molecule has 6 nitrogen and oxygen atoms in total. The lowest BCUT2D eigenvalue weighted by Crippen LogP contribution is -2.14. The number of halogens is 1. The summed E-state index contributed by atoms with van der Waals surface area (Å²) in [6, 6.07) is 4.20. The number of hydrogen-bond acceptors (Lipinski definition) is 5. The molecule has 1 N–H and O–H groups in total. The fourth-order valence-corrected chi connectivity index (χ4v) is 2.39. The van der Waals surface area contributed by atoms with Gasteiger partial charge in [0.1, 0.15) is 10.6 Å². The number of carbonyl (C=O) groups excluding carboxylic acids is 1. The number of hydrogen-bond donors (Lipinski definition) is 1. The number of aryl methyl sites for hydroxylation is 1. The summed E-state index contributed by atoms with van der Waals surface area (Å²) in [7, 11) is 0. The van der Waals surface area contributed by atoms with Crippen LogP contribution in [0.25, 0.3) is 0 Å². The first-order valence-corrected chi connectivity index (χ1v) is 6.41. The number of rotatable bonds is 3. The molecule has 0 aliphatic carbocycles. The van der Waals surface area contributed by atoms with Crippen LogP contribution >= 0.6 is 22.9 Å². The van der Waals surface area contributed by atoms with E-state index >= 15 is 0 Å². The quantitative estimate of drug-likeness (QED) is 0.696. The standard InChI is InChI=1S/C11H8ClN3O3S/c1-6-5-19-11(13-6)14-10(16)7-3-2-4-8(12)9(7)15(17)18/h2-5H,1H3,(H,13,14,16). The molecule has 0 saturated heterocycles. The van der Waals surface area contributed by atoms with Crippen LogP contribution in [0.5, 0.6) is 0 Å². The summed E-state index contributed by atoms with van der Waals surface area (Å²) >= 11 is 6.99. The molecule has 1 heterocycles. The average molecular weight is 298 g/mol. The van der Waals surface area contributed by atoms with E-state index in [0.29, 0.717) is 5.13 Å². The van der Waals surface area contributed by atoms with Crippen LogP contribution in [0.3, 0.4) is 0 Å². The van der Waals surface area contributed by atoms with Crippen molar-refractivity contribution < 1.29 is 9.72 Å². The van der Waals surface area contributed by atoms with Crippen LogP contribution in [0.15, 0.2) is 23.6 Å². The van der Waals surface area contributed by atoms with Crippen molar-refractivity contribution in [3.63, 3.8) is 0 Å². The van der Waals surface area contributed by atoms with E-state index in [-0.39, 0.29) is 10.6 Å². The van der Waals surface area contributed by atoms with Gasteiger partial charge < -0.3 is 0 Å². The van der Waals surface area contributed by atoms with Gasteiger partial charge in [0.05, 0.1) is 10.6 Å². The Morgan fingerprint density at radius 2 is 2.26 bits per heavy atom. The first kappa shape index (κ1) is 13.4. The third-order valence-corrected chi connectivity index (χ3v) is 3.43. The van der Waals surface area contributed by atoms with Gasteiger partial charge in [0.25, 0.3) is 5.91 Å². The number of para-hydroxylation sites is 1. The van der Waals surface area contributed by atoms with Gasteiger partial charge in [-0.25, -0.2) is 4.98 Å². The molecule has 0 saturated carbocycles. The first-order valence-electron chi connectivity index (χ1n) is 5.15. The number of aromatic nitrogens is 1. The summed E-state index contributed by atoms with van der Waals surface area (Å²) in [5, 5.41) is 15.5. The summed E-state index contributed by atoms with van der Waals surface area (Å²) in [5.74, 6) is -0.608. The molecule has 1 aromatic carbocycles. The van der Waals surface area contributed by atoms with Crippen molar-refractivity contribution in [2.45, 2.75) is 6.92 Å². The summed E-state index contributed by atoms with van der Waals surface area (Å²) in [6.07, 6.45) is 0. The van der Waals surface area contributed by atoms with Crippen molar-refractivity contribution in [3.8, 4) is 0 Å². The van der Waals surface area contributed by atoms with E-state index in [4.69, 9.17) is 11.6 Å². The Kier molecular flexibility index (Phi) is 3.77. The van der Waals surface area contributed by atoms with Crippen molar-refractivity contribution >= 4 is 39.7 Å². The molecule has 0 unspecified atom stereocenters. The Morgan fingerprint density at radius 1 is 1.53 bits per heavy atom. The number of nitro benzene ring substituents is 1. The Hall–Kier alpha value is -1.99. The molecule has 19 heavy (non-hydrogen) atoms. The average Bonchev–Trinajstić information content (AvgIpc) is 2.73. The molecule has 0 fully saturated rings. The number of carbonyl (C=O) groups is 1. The Balaban J connectivity index is 2.34. The fourth-order valence-electron chi connectivity index (χ4n) is 1.46. The van der Waals surface area contributed by atoms with Gasteiger partial charge in [-0.05, 0) is 19.1 Å². The highest BCUT2D eigenvalue weighted by molar-refractivity contribution is 7.13. The van der Waals surface area contributed by atoms with Crippen LogP contribution in [-0.4, -0.2) is 15.8 Å². The second-order valence-corrected chi connectivity index (χ2v) is 4.91. The minimum absolute atomic E-state index is 0.0760.